The van der Waals surface area contributed by atoms with E-state index in [2.05, 4.69) is 43.0 Å². The van der Waals surface area contributed by atoms with Crippen molar-refractivity contribution in [3.63, 3.8) is 0 Å². The van der Waals surface area contributed by atoms with Crippen LogP contribution in [0.25, 0.3) is 10.9 Å². The molecule has 1 heterocycles. The van der Waals surface area contributed by atoms with Crippen LogP contribution < -0.4 is 10.6 Å². The van der Waals surface area contributed by atoms with E-state index in [0.717, 1.165) is 43.8 Å². The molecule has 102 valence electrons. The van der Waals surface area contributed by atoms with Gasteiger partial charge in [0.25, 0.3) is 0 Å². The van der Waals surface area contributed by atoms with Crippen molar-refractivity contribution in [3.05, 3.63) is 35.9 Å². The highest BCUT2D eigenvalue weighted by molar-refractivity contribution is 5.81. The average molecular weight is 257 g/mol. The number of nitrogens with zero attached hydrogens (tertiary/aromatic N) is 2. The number of aromatic nitrogens is 1. The Morgan fingerprint density at radius 2 is 2.00 bits per heavy atom. The molecular formula is C16H23N3. The summed E-state index contributed by atoms with van der Waals surface area (Å²) in [6.07, 6.45) is 2.13. The zero-order chi connectivity index (χ0) is 13.7. The van der Waals surface area contributed by atoms with Crippen molar-refractivity contribution >= 4 is 16.7 Å². The van der Waals surface area contributed by atoms with Crippen LogP contribution in [0, 0.1) is 6.92 Å². The largest absolute Gasteiger partial charge is 0.356 e. The zero-order valence-corrected chi connectivity index (χ0v) is 11.9. The van der Waals surface area contributed by atoms with Crippen LogP contribution in [0.4, 0.5) is 5.82 Å². The number of hydrogen-bond acceptors (Lipinski definition) is 3. The Hall–Kier alpha value is -1.61. The number of benzene rings is 1. The molecule has 2 aromatic rings. The molecule has 0 saturated heterocycles. The van der Waals surface area contributed by atoms with Crippen molar-refractivity contribution in [2.75, 3.05) is 24.5 Å². The monoisotopic (exact) mass is 257 g/mol. The molecule has 0 saturated carbocycles. The van der Waals surface area contributed by atoms with E-state index in [4.69, 9.17) is 10.7 Å². The Morgan fingerprint density at radius 3 is 2.74 bits per heavy atom. The van der Waals surface area contributed by atoms with Gasteiger partial charge in [-0.25, -0.2) is 4.98 Å². The summed E-state index contributed by atoms with van der Waals surface area (Å²) in [4.78, 5) is 7.19. The van der Waals surface area contributed by atoms with Crippen molar-refractivity contribution in [2.45, 2.75) is 26.7 Å². The SMILES string of the molecule is CCCN(CCCN)c1nc2ccccc2cc1C. The lowest BCUT2D eigenvalue weighted by Crippen LogP contribution is -2.28. The third-order valence-corrected chi connectivity index (χ3v) is 3.31. The summed E-state index contributed by atoms with van der Waals surface area (Å²) >= 11 is 0. The minimum absolute atomic E-state index is 0.729. The van der Waals surface area contributed by atoms with Gasteiger partial charge >= 0.3 is 0 Å². The van der Waals surface area contributed by atoms with E-state index in [1.807, 2.05) is 6.07 Å². The van der Waals surface area contributed by atoms with Gasteiger partial charge < -0.3 is 10.6 Å². The van der Waals surface area contributed by atoms with Gasteiger partial charge in [0.15, 0.2) is 0 Å². The Kier molecular flexibility index (Phi) is 4.74. The van der Waals surface area contributed by atoms with Gasteiger partial charge in [0.2, 0.25) is 0 Å². The predicted octanol–water partition coefficient (Wildman–Crippen LogP) is 3.11. The molecule has 1 aromatic carbocycles. The molecule has 0 radical (unpaired) electrons. The molecule has 0 fully saturated rings. The van der Waals surface area contributed by atoms with Crippen LogP contribution in [0.3, 0.4) is 0 Å². The Labute approximate surface area is 115 Å². The number of nitrogens with two attached hydrogens (primary N) is 1. The first kappa shape index (κ1) is 13.8. The lowest BCUT2D eigenvalue weighted by molar-refractivity contribution is 0.711. The van der Waals surface area contributed by atoms with Crippen LogP contribution in [0.5, 0.6) is 0 Å². The summed E-state index contributed by atoms with van der Waals surface area (Å²) in [6, 6.07) is 10.5. The van der Waals surface area contributed by atoms with Gasteiger partial charge in [-0.05, 0) is 44.0 Å². The molecule has 1 aromatic heterocycles. The average Bonchev–Trinajstić information content (AvgIpc) is 2.43. The second-order valence-electron chi connectivity index (χ2n) is 4.95. The Morgan fingerprint density at radius 1 is 1.21 bits per heavy atom. The minimum Gasteiger partial charge on any atom is -0.356 e. The maximum absolute atomic E-state index is 5.63. The number of hydrogen-bond donors (Lipinski definition) is 1. The quantitative estimate of drug-likeness (QED) is 0.864. The van der Waals surface area contributed by atoms with E-state index in [9.17, 15) is 0 Å². The number of anilines is 1. The van der Waals surface area contributed by atoms with E-state index in [1.165, 1.54) is 10.9 Å². The molecule has 0 aliphatic rings. The number of aryl methyl sites for hydroxylation is 1. The van der Waals surface area contributed by atoms with Gasteiger partial charge in [-0.1, -0.05) is 25.1 Å². The van der Waals surface area contributed by atoms with Gasteiger partial charge in [-0.3, -0.25) is 0 Å². The standard InChI is InChI=1S/C16H23N3/c1-3-10-19(11-6-9-17)16-13(2)12-14-7-4-5-8-15(14)18-16/h4-5,7-8,12H,3,6,9-11,17H2,1-2H3. The fourth-order valence-electron chi connectivity index (χ4n) is 2.41. The number of rotatable bonds is 6. The molecule has 2 rings (SSSR count). The molecule has 0 spiro atoms. The summed E-state index contributed by atoms with van der Waals surface area (Å²) in [6.45, 7) is 7.08. The molecule has 0 amide bonds. The number of para-hydroxylation sites is 1. The van der Waals surface area contributed by atoms with E-state index >= 15 is 0 Å². The molecule has 19 heavy (non-hydrogen) atoms. The van der Waals surface area contributed by atoms with Crippen LogP contribution in [-0.4, -0.2) is 24.6 Å². The van der Waals surface area contributed by atoms with E-state index in [1.54, 1.807) is 0 Å². The highest BCUT2D eigenvalue weighted by atomic mass is 15.2. The normalized spacial score (nSPS) is 10.9. The smallest absolute Gasteiger partial charge is 0.132 e. The summed E-state index contributed by atoms with van der Waals surface area (Å²) in [5.74, 6) is 1.11. The van der Waals surface area contributed by atoms with Crippen molar-refractivity contribution in [2.24, 2.45) is 5.73 Å². The third-order valence-electron chi connectivity index (χ3n) is 3.31. The van der Waals surface area contributed by atoms with Crippen molar-refractivity contribution in [1.82, 2.24) is 4.98 Å². The van der Waals surface area contributed by atoms with Gasteiger partial charge in [0.05, 0.1) is 5.52 Å². The highest BCUT2D eigenvalue weighted by Gasteiger charge is 2.10. The molecule has 0 atom stereocenters. The first-order valence-corrected chi connectivity index (χ1v) is 7.07. The van der Waals surface area contributed by atoms with Gasteiger partial charge in [0, 0.05) is 18.5 Å². The molecule has 0 unspecified atom stereocenters. The van der Waals surface area contributed by atoms with Gasteiger partial charge in [-0.2, -0.15) is 0 Å². The molecule has 3 heteroatoms. The van der Waals surface area contributed by atoms with Gasteiger partial charge in [0.1, 0.15) is 5.82 Å². The maximum atomic E-state index is 5.63. The molecular weight excluding hydrogens is 234 g/mol. The van der Waals surface area contributed by atoms with Crippen LogP contribution >= 0.6 is 0 Å². The van der Waals surface area contributed by atoms with Crippen LogP contribution in [-0.2, 0) is 0 Å². The second-order valence-corrected chi connectivity index (χ2v) is 4.95. The van der Waals surface area contributed by atoms with Crippen LogP contribution in [0.1, 0.15) is 25.3 Å². The molecule has 3 nitrogen and oxygen atoms in total. The molecule has 0 aliphatic heterocycles. The predicted molar refractivity (Wildman–Crippen MR) is 82.7 cm³/mol. The van der Waals surface area contributed by atoms with E-state index < -0.39 is 0 Å². The first-order valence-electron chi connectivity index (χ1n) is 7.07. The van der Waals surface area contributed by atoms with Crippen molar-refractivity contribution in [3.8, 4) is 0 Å². The van der Waals surface area contributed by atoms with Crippen LogP contribution in [0.15, 0.2) is 30.3 Å². The molecule has 0 bridgehead atoms. The van der Waals surface area contributed by atoms with Crippen molar-refractivity contribution in [1.29, 1.82) is 0 Å². The Bertz CT molecular complexity index is 537. The number of fused-ring (bicyclic) bond motifs is 1. The van der Waals surface area contributed by atoms with Gasteiger partial charge in [-0.15, -0.1) is 0 Å². The fraction of sp³-hybridized carbons (Fsp3) is 0.438. The lowest BCUT2D eigenvalue weighted by atomic mass is 10.1. The Balaban J connectivity index is 2.37. The number of pyridine rings is 1. The van der Waals surface area contributed by atoms with E-state index in [-0.39, 0.29) is 0 Å². The minimum atomic E-state index is 0.729. The van der Waals surface area contributed by atoms with E-state index in [0.29, 0.717) is 0 Å². The highest BCUT2D eigenvalue weighted by Crippen LogP contribution is 2.23. The van der Waals surface area contributed by atoms with Crippen molar-refractivity contribution < 1.29 is 0 Å². The first-order chi connectivity index (χ1) is 9.26. The summed E-state index contributed by atoms with van der Waals surface area (Å²) in [5, 5.41) is 1.21. The molecule has 0 aliphatic carbocycles. The molecule has 2 N–H and O–H groups in total. The lowest BCUT2D eigenvalue weighted by Gasteiger charge is -2.25. The zero-order valence-electron chi connectivity index (χ0n) is 11.9. The summed E-state index contributed by atoms with van der Waals surface area (Å²) in [7, 11) is 0. The topological polar surface area (TPSA) is 42.1 Å². The summed E-state index contributed by atoms with van der Waals surface area (Å²) in [5.41, 5.74) is 7.94. The summed E-state index contributed by atoms with van der Waals surface area (Å²) < 4.78 is 0. The maximum Gasteiger partial charge on any atom is 0.132 e. The fourth-order valence-corrected chi connectivity index (χ4v) is 2.41. The third kappa shape index (κ3) is 3.24. The van der Waals surface area contributed by atoms with Crippen LogP contribution in [0.2, 0.25) is 0 Å². The second kappa shape index (κ2) is 6.53.